The number of carbonyl (C=O) groups is 4. The van der Waals surface area contributed by atoms with Gasteiger partial charge in [0.25, 0.3) is 5.91 Å². The smallest absolute Gasteiger partial charge is 0.312 e. The molecule has 5 amide bonds. The molecule has 8 heteroatoms. The molecule has 21 heavy (non-hydrogen) atoms. The lowest BCUT2D eigenvalue weighted by molar-refractivity contribution is -0.157. The Bertz CT molecular complexity index is 475. The van der Waals surface area contributed by atoms with Gasteiger partial charge < -0.3 is 16.0 Å². The summed E-state index contributed by atoms with van der Waals surface area (Å²) in [6, 6.07) is -1.69. The number of urea groups is 1. The monoisotopic (exact) mass is 298 g/mol. The van der Waals surface area contributed by atoms with E-state index in [-0.39, 0.29) is 12.5 Å². The second-order valence-corrected chi connectivity index (χ2v) is 5.73. The molecule has 4 N–H and O–H groups in total. The lowest BCUT2D eigenvalue weighted by Gasteiger charge is -2.42. The van der Waals surface area contributed by atoms with Gasteiger partial charge in [-0.2, -0.15) is 0 Å². The minimum atomic E-state index is -1.17. The summed E-state index contributed by atoms with van der Waals surface area (Å²) in [4.78, 5) is 48.4. The van der Waals surface area contributed by atoms with E-state index < -0.39 is 35.3 Å². The lowest BCUT2D eigenvalue weighted by Crippen LogP contribution is -2.68. The maximum atomic E-state index is 12.7. The molecule has 0 aromatic heterocycles. The van der Waals surface area contributed by atoms with E-state index in [2.05, 4.69) is 10.6 Å². The SMILES string of the molecule is CCC(C)C(NC(N)=O)C(=O)N1CC(=O)NC(=O)C1(C)C. The summed E-state index contributed by atoms with van der Waals surface area (Å²) in [5, 5.41) is 4.59. The number of rotatable bonds is 4. The van der Waals surface area contributed by atoms with Gasteiger partial charge >= 0.3 is 6.03 Å². The highest BCUT2D eigenvalue weighted by atomic mass is 16.2. The third-order valence-electron chi connectivity index (χ3n) is 3.83. The van der Waals surface area contributed by atoms with E-state index in [4.69, 9.17) is 5.73 Å². The van der Waals surface area contributed by atoms with Gasteiger partial charge in [0.15, 0.2) is 0 Å². The van der Waals surface area contributed by atoms with E-state index in [0.29, 0.717) is 6.42 Å². The third-order valence-corrected chi connectivity index (χ3v) is 3.83. The minimum absolute atomic E-state index is 0.180. The van der Waals surface area contributed by atoms with Crippen LogP contribution in [0.3, 0.4) is 0 Å². The Labute approximate surface area is 123 Å². The van der Waals surface area contributed by atoms with Gasteiger partial charge in [-0.1, -0.05) is 20.3 Å². The summed E-state index contributed by atoms with van der Waals surface area (Å²) in [7, 11) is 0. The van der Waals surface area contributed by atoms with Gasteiger partial charge in [-0.25, -0.2) is 4.79 Å². The molecule has 0 aromatic carbocycles. The molecule has 1 aliphatic heterocycles. The van der Waals surface area contributed by atoms with Crippen molar-refractivity contribution in [1.82, 2.24) is 15.5 Å². The molecule has 1 fully saturated rings. The molecule has 1 heterocycles. The topological polar surface area (TPSA) is 122 Å². The number of imide groups is 1. The summed E-state index contributed by atoms with van der Waals surface area (Å²) in [6.07, 6.45) is 0.630. The first-order chi connectivity index (χ1) is 9.61. The van der Waals surface area contributed by atoms with Crippen LogP contribution in [-0.4, -0.2) is 46.8 Å². The van der Waals surface area contributed by atoms with Crippen molar-refractivity contribution in [2.24, 2.45) is 11.7 Å². The molecular formula is C13H22N4O4. The van der Waals surface area contributed by atoms with Crippen LogP contribution in [0.4, 0.5) is 4.79 Å². The zero-order valence-electron chi connectivity index (χ0n) is 12.7. The van der Waals surface area contributed by atoms with Gasteiger partial charge in [-0.15, -0.1) is 0 Å². The summed E-state index contributed by atoms with van der Waals surface area (Å²) in [5.41, 5.74) is 3.94. The Kier molecular flexibility index (Phi) is 4.93. The van der Waals surface area contributed by atoms with Crippen LogP contribution in [0.5, 0.6) is 0 Å². The molecule has 0 aliphatic carbocycles. The fraction of sp³-hybridized carbons (Fsp3) is 0.692. The first-order valence-electron chi connectivity index (χ1n) is 6.83. The molecular weight excluding hydrogens is 276 g/mol. The van der Waals surface area contributed by atoms with Gasteiger partial charge in [0, 0.05) is 0 Å². The standard InChI is InChI=1S/C13H22N4O4/c1-5-7(2)9(16-12(14)21)10(19)17-6-8(18)15-11(20)13(17,3)4/h7,9H,5-6H2,1-4H3,(H3,14,16,21)(H,15,18,20). The van der Waals surface area contributed by atoms with Gasteiger partial charge in [-0.3, -0.25) is 19.7 Å². The molecule has 0 radical (unpaired) electrons. The summed E-state index contributed by atoms with van der Waals surface area (Å²) >= 11 is 0. The number of nitrogens with one attached hydrogen (secondary N) is 2. The Morgan fingerprint density at radius 2 is 2.00 bits per heavy atom. The van der Waals surface area contributed by atoms with Gasteiger partial charge in [0.05, 0.1) is 0 Å². The van der Waals surface area contributed by atoms with Crippen molar-refractivity contribution < 1.29 is 19.2 Å². The van der Waals surface area contributed by atoms with Crippen LogP contribution < -0.4 is 16.4 Å². The largest absolute Gasteiger partial charge is 0.352 e. The second-order valence-electron chi connectivity index (χ2n) is 5.73. The normalized spacial score (nSPS) is 20.5. The van der Waals surface area contributed by atoms with Crippen molar-refractivity contribution in [2.45, 2.75) is 45.7 Å². The molecule has 1 saturated heterocycles. The summed E-state index contributed by atoms with van der Waals surface area (Å²) in [6.45, 7) is 6.52. The summed E-state index contributed by atoms with van der Waals surface area (Å²) < 4.78 is 0. The van der Waals surface area contributed by atoms with E-state index in [0.717, 1.165) is 0 Å². The first-order valence-corrected chi connectivity index (χ1v) is 6.83. The molecule has 0 bridgehead atoms. The van der Waals surface area contributed by atoms with Crippen LogP contribution in [0.1, 0.15) is 34.1 Å². The van der Waals surface area contributed by atoms with E-state index in [1.807, 2.05) is 6.92 Å². The molecule has 0 aromatic rings. The van der Waals surface area contributed by atoms with Crippen LogP contribution in [0.2, 0.25) is 0 Å². The molecule has 2 unspecified atom stereocenters. The molecule has 2 atom stereocenters. The fourth-order valence-electron chi connectivity index (χ4n) is 2.14. The number of carbonyl (C=O) groups excluding carboxylic acids is 4. The third kappa shape index (κ3) is 3.50. The van der Waals surface area contributed by atoms with Crippen LogP contribution in [0.25, 0.3) is 0 Å². The fourth-order valence-corrected chi connectivity index (χ4v) is 2.14. The number of primary amides is 1. The molecule has 0 saturated carbocycles. The van der Waals surface area contributed by atoms with Crippen LogP contribution in [0.15, 0.2) is 0 Å². The van der Waals surface area contributed by atoms with Crippen LogP contribution in [0, 0.1) is 5.92 Å². The zero-order chi connectivity index (χ0) is 16.4. The average Bonchev–Trinajstić information content (AvgIpc) is 2.38. The molecule has 1 aliphatic rings. The van der Waals surface area contributed by atoms with E-state index in [1.54, 1.807) is 20.8 Å². The number of hydrogen-bond acceptors (Lipinski definition) is 4. The predicted octanol–water partition coefficient (Wildman–Crippen LogP) is -0.667. The average molecular weight is 298 g/mol. The van der Waals surface area contributed by atoms with Gasteiger partial charge in [0.1, 0.15) is 18.1 Å². The van der Waals surface area contributed by atoms with E-state index in [9.17, 15) is 19.2 Å². The maximum absolute atomic E-state index is 12.7. The maximum Gasteiger partial charge on any atom is 0.312 e. The number of piperazine rings is 1. The van der Waals surface area contributed by atoms with Crippen molar-refractivity contribution in [2.75, 3.05) is 6.54 Å². The Morgan fingerprint density at radius 3 is 2.48 bits per heavy atom. The highest BCUT2D eigenvalue weighted by molar-refractivity contribution is 6.07. The lowest BCUT2D eigenvalue weighted by atomic mass is 9.93. The minimum Gasteiger partial charge on any atom is -0.352 e. The first kappa shape index (κ1) is 16.9. The number of nitrogens with zero attached hydrogens (tertiary/aromatic N) is 1. The van der Waals surface area contributed by atoms with E-state index in [1.165, 1.54) is 4.90 Å². The van der Waals surface area contributed by atoms with Crippen LogP contribution >= 0.6 is 0 Å². The molecule has 0 spiro atoms. The predicted molar refractivity (Wildman–Crippen MR) is 74.9 cm³/mol. The van der Waals surface area contributed by atoms with Gasteiger partial charge in [0.2, 0.25) is 11.8 Å². The second kappa shape index (κ2) is 6.11. The number of amides is 5. The number of hydrogen-bond donors (Lipinski definition) is 3. The highest BCUT2D eigenvalue weighted by Gasteiger charge is 2.46. The van der Waals surface area contributed by atoms with Crippen molar-refractivity contribution in [1.29, 1.82) is 0 Å². The van der Waals surface area contributed by atoms with Crippen molar-refractivity contribution in [3.63, 3.8) is 0 Å². The Morgan fingerprint density at radius 1 is 1.43 bits per heavy atom. The van der Waals surface area contributed by atoms with Crippen molar-refractivity contribution in [3.05, 3.63) is 0 Å². The Hall–Kier alpha value is -2.12. The zero-order valence-corrected chi connectivity index (χ0v) is 12.7. The van der Waals surface area contributed by atoms with Gasteiger partial charge in [-0.05, 0) is 19.8 Å². The van der Waals surface area contributed by atoms with Crippen LogP contribution in [-0.2, 0) is 14.4 Å². The molecule has 1 rings (SSSR count). The van der Waals surface area contributed by atoms with Crippen molar-refractivity contribution in [3.8, 4) is 0 Å². The van der Waals surface area contributed by atoms with Crippen molar-refractivity contribution >= 4 is 23.8 Å². The summed E-state index contributed by atoms with van der Waals surface area (Å²) in [5.74, 6) is -1.76. The Balaban J connectivity index is 3.08. The highest BCUT2D eigenvalue weighted by Crippen LogP contribution is 2.21. The molecule has 8 nitrogen and oxygen atoms in total. The number of nitrogens with two attached hydrogens (primary N) is 1. The molecule has 118 valence electrons. The quantitative estimate of drug-likeness (QED) is 0.596. The van der Waals surface area contributed by atoms with E-state index >= 15 is 0 Å².